The Morgan fingerprint density at radius 1 is 1.25 bits per heavy atom. The van der Waals surface area contributed by atoms with Gasteiger partial charge >= 0.3 is 0 Å². The monoisotopic (exact) mass is 338 g/mol. The molecule has 0 aliphatic heterocycles. The Labute approximate surface area is 136 Å². The molecule has 0 aliphatic carbocycles. The molecule has 3 nitrogen and oxygen atoms in total. The SMILES string of the molecule is CCC(CC)(NC(=O)CCN)c1ccc(Cl)c(Cl)c1.Cl. The molecule has 20 heavy (non-hydrogen) atoms. The number of nitrogens with two attached hydrogens (primary N) is 1. The third-order valence-corrected chi connectivity index (χ3v) is 4.17. The molecule has 0 aliphatic rings. The minimum atomic E-state index is -0.416. The minimum Gasteiger partial charge on any atom is -0.347 e. The fourth-order valence-electron chi connectivity index (χ4n) is 2.16. The normalized spacial score (nSPS) is 10.8. The molecule has 0 unspecified atom stereocenters. The first kappa shape index (κ1) is 19.5. The number of hydrogen-bond acceptors (Lipinski definition) is 2. The van der Waals surface area contributed by atoms with Crippen molar-refractivity contribution < 1.29 is 4.79 Å². The molecule has 0 spiro atoms. The number of nitrogens with one attached hydrogen (secondary N) is 1. The zero-order valence-corrected chi connectivity index (χ0v) is 14.0. The van der Waals surface area contributed by atoms with Crippen molar-refractivity contribution >= 4 is 41.5 Å². The predicted octanol–water partition coefficient (Wildman–Crippen LogP) is 3.90. The standard InChI is InChI=1S/C14H20Cl2N2O.ClH/c1-3-14(4-2,18-13(19)7-8-17)10-5-6-11(15)12(16)9-10;/h5-6,9H,3-4,7-8,17H2,1-2H3,(H,18,19);1H. The van der Waals surface area contributed by atoms with E-state index in [-0.39, 0.29) is 18.3 Å². The summed E-state index contributed by atoms with van der Waals surface area (Å²) in [6, 6.07) is 5.48. The van der Waals surface area contributed by atoms with E-state index in [2.05, 4.69) is 5.32 Å². The van der Waals surface area contributed by atoms with E-state index in [0.717, 1.165) is 18.4 Å². The summed E-state index contributed by atoms with van der Waals surface area (Å²) in [6.07, 6.45) is 1.87. The summed E-state index contributed by atoms with van der Waals surface area (Å²) in [6.45, 7) is 4.42. The van der Waals surface area contributed by atoms with Crippen molar-refractivity contribution in [3.63, 3.8) is 0 Å². The quantitative estimate of drug-likeness (QED) is 0.826. The zero-order valence-electron chi connectivity index (χ0n) is 11.7. The van der Waals surface area contributed by atoms with Gasteiger partial charge in [0.1, 0.15) is 0 Å². The van der Waals surface area contributed by atoms with Crippen molar-refractivity contribution in [3.8, 4) is 0 Å². The highest BCUT2D eigenvalue weighted by atomic mass is 35.5. The van der Waals surface area contributed by atoms with Crippen molar-refractivity contribution in [2.24, 2.45) is 5.73 Å². The topological polar surface area (TPSA) is 55.1 Å². The van der Waals surface area contributed by atoms with E-state index in [1.54, 1.807) is 6.07 Å². The van der Waals surface area contributed by atoms with Gasteiger partial charge in [0.25, 0.3) is 0 Å². The Bertz CT molecular complexity index is 448. The Balaban J connectivity index is 0.00000361. The lowest BCUT2D eigenvalue weighted by Gasteiger charge is -2.34. The third kappa shape index (κ3) is 4.52. The van der Waals surface area contributed by atoms with E-state index in [1.807, 2.05) is 26.0 Å². The highest BCUT2D eigenvalue weighted by molar-refractivity contribution is 6.42. The van der Waals surface area contributed by atoms with Crippen LogP contribution in [-0.2, 0) is 10.3 Å². The van der Waals surface area contributed by atoms with Gasteiger partial charge in [0.15, 0.2) is 0 Å². The maximum absolute atomic E-state index is 11.9. The van der Waals surface area contributed by atoms with Crippen LogP contribution in [0.2, 0.25) is 10.0 Å². The largest absolute Gasteiger partial charge is 0.347 e. The summed E-state index contributed by atoms with van der Waals surface area (Å²) in [5.41, 5.74) is 5.97. The average molecular weight is 340 g/mol. The smallest absolute Gasteiger partial charge is 0.221 e. The molecule has 1 aromatic carbocycles. The van der Waals surface area contributed by atoms with E-state index >= 15 is 0 Å². The Hall–Kier alpha value is -0.480. The van der Waals surface area contributed by atoms with Crippen molar-refractivity contribution in [2.75, 3.05) is 6.54 Å². The maximum Gasteiger partial charge on any atom is 0.221 e. The first-order chi connectivity index (χ1) is 8.99. The van der Waals surface area contributed by atoms with E-state index in [1.165, 1.54) is 0 Å². The van der Waals surface area contributed by atoms with Crippen LogP contribution < -0.4 is 11.1 Å². The van der Waals surface area contributed by atoms with Gasteiger partial charge in [0, 0.05) is 13.0 Å². The minimum absolute atomic E-state index is 0. The molecular formula is C14H21Cl3N2O. The Morgan fingerprint density at radius 3 is 2.30 bits per heavy atom. The van der Waals surface area contributed by atoms with Crippen LogP contribution in [0, 0.1) is 0 Å². The molecule has 1 aromatic rings. The first-order valence-electron chi connectivity index (χ1n) is 6.45. The van der Waals surface area contributed by atoms with Crippen LogP contribution in [0.4, 0.5) is 0 Å². The molecule has 1 rings (SSSR count). The van der Waals surface area contributed by atoms with Crippen LogP contribution >= 0.6 is 35.6 Å². The molecule has 3 N–H and O–H groups in total. The van der Waals surface area contributed by atoms with Gasteiger partial charge in [0.05, 0.1) is 15.6 Å². The Morgan fingerprint density at radius 2 is 1.85 bits per heavy atom. The summed E-state index contributed by atoms with van der Waals surface area (Å²) in [5.74, 6) is -0.0442. The molecule has 0 atom stereocenters. The number of benzene rings is 1. The summed E-state index contributed by atoms with van der Waals surface area (Å²) in [5, 5.41) is 4.09. The molecule has 0 heterocycles. The van der Waals surface area contributed by atoms with Gasteiger partial charge in [-0.15, -0.1) is 12.4 Å². The van der Waals surface area contributed by atoms with E-state index in [9.17, 15) is 4.79 Å². The number of hydrogen-bond donors (Lipinski definition) is 2. The second kappa shape index (κ2) is 8.73. The van der Waals surface area contributed by atoms with E-state index in [4.69, 9.17) is 28.9 Å². The lowest BCUT2D eigenvalue weighted by atomic mass is 9.84. The fraction of sp³-hybridized carbons (Fsp3) is 0.500. The second-order valence-electron chi connectivity index (χ2n) is 4.50. The van der Waals surface area contributed by atoms with Gasteiger partial charge < -0.3 is 11.1 Å². The predicted molar refractivity (Wildman–Crippen MR) is 87.8 cm³/mol. The third-order valence-electron chi connectivity index (χ3n) is 3.43. The van der Waals surface area contributed by atoms with Crippen molar-refractivity contribution in [1.29, 1.82) is 0 Å². The van der Waals surface area contributed by atoms with Gasteiger partial charge in [-0.1, -0.05) is 43.1 Å². The van der Waals surface area contributed by atoms with E-state index < -0.39 is 5.54 Å². The maximum atomic E-state index is 11.9. The molecule has 0 saturated carbocycles. The molecular weight excluding hydrogens is 319 g/mol. The highest BCUT2D eigenvalue weighted by Crippen LogP contribution is 2.33. The number of rotatable bonds is 6. The highest BCUT2D eigenvalue weighted by Gasteiger charge is 2.30. The first-order valence-corrected chi connectivity index (χ1v) is 7.21. The molecule has 1 amide bonds. The van der Waals surface area contributed by atoms with Gasteiger partial charge in [-0.05, 0) is 30.5 Å². The number of carbonyl (C=O) groups is 1. The van der Waals surface area contributed by atoms with Crippen LogP contribution in [0.5, 0.6) is 0 Å². The summed E-state index contributed by atoms with van der Waals surface area (Å²) in [7, 11) is 0. The van der Waals surface area contributed by atoms with Crippen LogP contribution in [0.1, 0.15) is 38.7 Å². The number of carbonyl (C=O) groups excluding carboxylic acids is 1. The van der Waals surface area contributed by atoms with Crippen molar-refractivity contribution in [1.82, 2.24) is 5.32 Å². The molecule has 0 radical (unpaired) electrons. The molecule has 0 aromatic heterocycles. The molecule has 0 fully saturated rings. The lowest BCUT2D eigenvalue weighted by Crippen LogP contribution is -2.45. The zero-order chi connectivity index (χ0) is 14.5. The van der Waals surface area contributed by atoms with E-state index in [0.29, 0.717) is 23.0 Å². The summed E-state index contributed by atoms with van der Waals surface area (Å²) >= 11 is 12.0. The summed E-state index contributed by atoms with van der Waals surface area (Å²) < 4.78 is 0. The van der Waals surface area contributed by atoms with Crippen LogP contribution in [0.15, 0.2) is 18.2 Å². The van der Waals surface area contributed by atoms with Crippen molar-refractivity contribution in [3.05, 3.63) is 33.8 Å². The van der Waals surface area contributed by atoms with Crippen LogP contribution in [0.3, 0.4) is 0 Å². The molecule has 0 bridgehead atoms. The van der Waals surface area contributed by atoms with Gasteiger partial charge in [0.2, 0.25) is 5.91 Å². The second-order valence-corrected chi connectivity index (χ2v) is 5.32. The van der Waals surface area contributed by atoms with Crippen molar-refractivity contribution in [2.45, 2.75) is 38.6 Å². The molecule has 114 valence electrons. The summed E-state index contributed by atoms with van der Waals surface area (Å²) in [4.78, 5) is 11.9. The number of amides is 1. The molecule has 6 heteroatoms. The number of halogens is 3. The Kier molecular flexibility index (Phi) is 8.52. The van der Waals surface area contributed by atoms with Crippen LogP contribution in [0.25, 0.3) is 0 Å². The lowest BCUT2D eigenvalue weighted by molar-refractivity contribution is -0.123. The van der Waals surface area contributed by atoms with Crippen LogP contribution in [-0.4, -0.2) is 12.5 Å². The molecule has 0 saturated heterocycles. The van der Waals surface area contributed by atoms with Gasteiger partial charge in [-0.3, -0.25) is 4.79 Å². The van der Waals surface area contributed by atoms with Gasteiger partial charge in [-0.2, -0.15) is 0 Å². The average Bonchev–Trinajstić information content (AvgIpc) is 2.40. The fourth-order valence-corrected chi connectivity index (χ4v) is 2.46. The van der Waals surface area contributed by atoms with Gasteiger partial charge in [-0.25, -0.2) is 0 Å².